The van der Waals surface area contributed by atoms with Gasteiger partial charge in [0.2, 0.25) is 0 Å². The van der Waals surface area contributed by atoms with E-state index in [1.807, 2.05) is 13.8 Å². The van der Waals surface area contributed by atoms with Crippen molar-refractivity contribution in [2.45, 2.75) is 32.4 Å². The zero-order valence-corrected chi connectivity index (χ0v) is 9.34. The van der Waals surface area contributed by atoms with Crippen LogP contribution < -0.4 is 10.5 Å². The molecule has 2 nitrogen and oxygen atoms in total. The zero-order valence-electron chi connectivity index (χ0n) is 9.34. The molecule has 16 heavy (non-hydrogen) atoms. The number of hydrogen-bond donors (Lipinski definition) is 1. The second-order valence-corrected chi connectivity index (χ2v) is 4.88. The van der Waals surface area contributed by atoms with E-state index in [2.05, 4.69) is 0 Å². The molecule has 0 aromatic heterocycles. The predicted molar refractivity (Wildman–Crippen MR) is 57.1 cm³/mol. The molecule has 0 saturated heterocycles. The van der Waals surface area contributed by atoms with Crippen molar-refractivity contribution in [3.8, 4) is 5.75 Å². The summed E-state index contributed by atoms with van der Waals surface area (Å²) in [4.78, 5) is 0. The van der Waals surface area contributed by atoms with Gasteiger partial charge in [0.1, 0.15) is 23.5 Å². The summed E-state index contributed by atoms with van der Waals surface area (Å²) in [5.41, 5.74) is 5.68. The third-order valence-corrected chi connectivity index (χ3v) is 3.37. The van der Waals surface area contributed by atoms with Gasteiger partial charge in [0.25, 0.3) is 0 Å². The second-order valence-electron chi connectivity index (χ2n) is 4.88. The maximum absolute atomic E-state index is 12.9. The summed E-state index contributed by atoms with van der Waals surface area (Å²) in [6.07, 6.45) is 0.634. The summed E-state index contributed by atoms with van der Waals surface area (Å²) in [5, 5.41) is 0. The van der Waals surface area contributed by atoms with E-state index in [0.29, 0.717) is 6.42 Å². The molecule has 0 spiro atoms. The van der Waals surface area contributed by atoms with Crippen LogP contribution in [0.2, 0.25) is 0 Å². The van der Waals surface area contributed by atoms with Gasteiger partial charge in [0.05, 0.1) is 0 Å². The number of ether oxygens (including phenoxy) is 1. The van der Waals surface area contributed by atoms with Gasteiger partial charge in [-0.2, -0.15) is 0 Å². The van der Waals surface area contributed by atoms with Crippen molar-refractivity contribution < 1.29 is 13.5 Å². The van der Waals surface area contributed by atoms with Gasteiger partial charge in [0, 0.05) is 36.1 Å². The molecule has 4 heteroatoms. The van der Waals surface area contributed by atoms with Crippen molar-refractivity contribution in [1.29, 1.82) is 0 Å². The van der Waals surface area contributed by atoms with Crippen molar-refractivity contribution in [3.05, 3.63) is 29.8 Å². The zero-order chi connectivity index (χ0) is 11.9. The van der Waals surface area contributed by atoms with Gasteiger partial charge in [-0.15, -0.1) is 0 Å². The Bertz CT molecular complexity index is 386. The molecule has 1 aromatic rings. The highest BCUT2D eigenvalue weighted by atomic mass is 19.1. The third-order valence-electron chi connectivity index (χ3n) is 3.37. The first-order chi connectivity index (χ1) is 7.39. The summed E-state index contributed by atoms with van der Waals surface area (Å²) in [7, 11) is 0. The monoisotopic (exact) mass is 227 g/mol. The number of nitrogens with two attached hydrogens (primary N) is 1. The highest BCUT2D eigenvalue weighted by molar-refractivity contribution is 5.25. The first kappa shape index (κ1) is 11.3. The molecular formula is C12H15F2NO. The quantitative estimate of drug-likeness (QED) is 0.842. The minimum absolute atomic E-state index is 0.0795. The fourth-order valence-corrected chi connectivity index (χ4v) is 1.88. The summed E-state index contributed by atoms with van der Waals surface area (Å²) < 4.78 is 31.4. The van der Waals surface area contributed by atoms with Crippen LogP contribution in [-0.2, 0) is 0 Å². The Balaban J connectivity index is 2.11. The fraction of sp³-hybridized carbons (Fsp3) is 0.500. The van der Waals surface area contributed by atoms with Crippen LogP contribution in [0, 0.1) is 17.0 Å². The highest BCUT2D eigenvalue weighted by Gasteiger charge is 2.47. The van der Waals surface area contributed by atoms with E-state index >= 15 is 0 Å². The van der Waals surface area contributed by atoms with Crippen LogP contribution in [0.1, 0.15) is 20.3 Å². The summed E-state index contributed by atoms with van der Waals surface area (Å²) >= 11 is 0. The van der Waals surface area contributed by atoms with Crippen LogP contribution in [0.5, 0.6) is 5.75 Å². The van der Waals surface area contributed by atoms with Crippen molar-refractivity contribution in [2.75, 3.05) is 0 Å². The van der Waals surface area contributed by atoms with Crippen LogP contribution in [0.3, 0.4) is 0 Å². The molecule has 2 rings (SSSR count). The molecule has 1 fully saturated rings. The molecule has 0 amide bonds. The minimum atomic E-state index is -0.628. The van der Waals surface area contributed by atoms with Crippen molar-refractivity contribution in [2.24, 2.45) is 11.1 Å². The van der Waals surface area contributed by atoms with E-state index < -0.39 is 11.6 Å². The Hall–Kier alpha value is -1.16. The Morgan fingerprint density at radius 2 is 1.81 bits per heavy atom. The lowest BCUT2D eigenvalue weighted by atomic mass is 9.65. The minimum Gasteiger partial charge on any atom is -0.490 e. The Morgan fingerprint density at radius 3 is 2.25 bits per heavy atom. The lowest BCUT2D eigenvalue weighted by molar-refractivity contribution is -0.0402. The maximum Gasteiger partial charge on any atom is 0.129 e. The SMILES string of the molecule is CC1(C)C(N)CC1Oc1cc(F)cc(F)c1. The lowest BCUT2D eigenvalue weighted by Crippen LogP contribution is -2.60. The molecule has 88 valence electrons. The first-order valence-electron chi connectivity index (χ1n) is 5.28. The van der Waals surface area contributed by atoms with E-state index in [1.165, 1.54) is 12.1 Å². The van der Waals surface area contributed by atoms with E-state index in [1.54, 1.807) is 0 Å². The van der Waals surface area contributed by atoms with Gasteiger partial charge in [-0.1, -0.05) is 13.8 Å². The van der Waals surface area contributed by atoms with Gasteiger partial charge in [-0.05, 0) is 0 Å². The van der Waals surface area contributed by atoms with Gasteiger partial charge in [-0.25, -0.2) is 8.78 Å². The largest absolute Gasteiger partial charge is 0.490 e. The Kier molecular flexibility index (Phi) is 2.62. The molecule has 1 aliphatic carbocycles. The molecule has 0 aliphatic heterocycles. The van der Waals surface area contributed by atoms with Crippen LogP contribution in [0.25, 0.3) is 0 Å². The summed E-state index contributed by atoms with van der Waals surface area (Å²) in [6, 6.07) is 3.27. The Morgan fingerprint density at radius 1 is 1.25 bits per heavy atom. The molecule has 2 atom stereocenters. The first-order valence-corrected chi connectivity index (χ1v) is 5.28. The molecule has 1 aromatic carbocycles. The van der Waals surface area contributed by atoms with Crippen LogP contribution in [0.4, 0.5) is 8.78 Å². The molecule has 1 aliphatic rings. The number of benzene rings is 1. The van der Waals surface area contributed by atoms with Gasteiger partial charge in [-0.3, -0.25) is 0 Å². The fourth-order valence-electron chi connectivity index (χ4n) is 1.88. The van der Waals surface area contributed by atoms with Crippen LogP contribution in [-0.4, -0.2) is 12.1 Å². The topological polar surface area (TPSA) is 35.2 Å². The third kappa shape index (κ3) is 1.89. The average Bonchev–Trinajstić information content (AvgIpc) is 2.15. The van der Waals surface area contributed by atoms with Gasteiger partial charge >= 0.3 is 0 Å². The molecular weight excluding hydrogens is 212 g/mol. The normalized spacial score (nSPS) is 27.3. The van der Waals surface area contributed by atoms with Crippen LogP contribution >= 0.6 is 0 Å². The average molecular weight is 227 g/mol. The van der Waals surface area contributed by atoms with Crippen molar-refractivity contribution >= 4 is 0 Å². The lowest BCUT2D eigenvalue weighted by Gasteiger charge is -2.49. The standard InChI is InChI=1S/C12H15F2NO/c1-12(2)10(15)6-11(12)16-9-4-7(13)3-8(14)5-9/h3-5,10-11H,6,15H2,1-2H3. The molecule has 1 saturated carbocycles. The van der Waals surface area contributed by atoms with E-state index in [9.17, 15) is 8.78 Å². The van der Waals surface area contributed by atoms with E-state index in [0.717, 1.165) is 6.07 Å². The van der Waals surface area contributed by atoms with Gasteiger partial charge in [0.15, 0.2) is 0 Å². The molecule has 0 heterocycles. The highest BCUT2D eigenvalue weighted by Crippen LogP contribution is 2.41. The predicted octanol–water partition coefficient (Wildman–Crippen LogP) is 2.47. The molecule has 2 N–H and O–H groups in total. The maximum atomic E-state index is 12.9. The number of halogens is 2. The molecule has 0 radical (unpaired) electrons. The molecule has 0 bridgehead atoms. The van der Waals surface area contributed by atoms with Crippen molar-refractivity contribution in [1.82, 2.24) is 0 Å². The van der Waals surface area contributed by atoms with E-state index in [-0.39, 0.29) is 23.3 Å². The molecule has 2 unspecified atom stereocenters. The smallest absolute Gasteiger partial charge is 0.129 e. The summed E-state index contributed by atoms with van der Waals surface area (Å²) in [5.74, 6) is -1.03. The number of hydrogen-bond acceptors (Lipinski definition) is 2. The van der Waals surface area contributed by atoms with Gasteiger partial charge < -0.3 is 10.5 Å². The Labute approximate surface area is 93.4 Å². The number of rotatable bonds is 2. The second kappa shape index (κ2) is 3.70. The van der Waals surface area contributed by atoms with E-state index in [4.69, 9.17) is 10.5 Å². The van der Waals surface area contributed by atoms with Crippen LogP contribution in [0.15, 0.2) is 18.2 Å². The van der Waals surface area contributed by atoms with Crippen molar-refractivity contribution in [3.63, 3.8) is 0 Å². The summed E-state index contributed by atoms with van der Waals surface area (Å²) in [6.45, 7) is 3.98.